The first-order valence-electron chi connectivity index (χ1n) is 7.20. The van der Waals surface area contributed by atoms with E-state index in [1.807, 2.05) is 12.1 Å². The SMILES string of the molecule is Cc1ccc(Oc2cc([C@@H](C)O)ccn2)c(C(C)(C)C)c1. The number of aromatic nitrogens is 1. The van der Waals surface area contributed by atoms with Gasteiger partial charge < -0.3 is 9.84 Å². The normalized spacial score (nSPS) is 13.0. The number of ether oxygens (including phenoxy) is 1. The van der Waals surface area contributed by atoms with Crippen molar-refractivity contribution in [3.63, 3.8) is 0 Å². The molecular weight excluding hydrogens is 262 g/mol. The van der Waals surface area contributed by atoms with Crippen molar-refractivity contribution in [2.45, 2.75) is 46.1 Å². The summed E-state index contributed by atoms with van der Waals surface area (Å²) in [6, 6.07) is 9.72. The summed E-state index contributed by atoms with van der Waals surface area (Å²) in [5.41, 5.74) is 3.14. The fraction of sp³-hybridized carbons (Fsp3) is 0.389. The molecule has 1 heterocycles. The highest BCUT2D eigenvalue weighted by molar-refractivity contribution is 5.43. The molecule has 0 aliphatic carbocycles. The molecular formula is C18H23NO2. The van der Waals surface area contributed by atoms with Crippen molar-refractivity contribution in [1.82, 2.24) is 4.98 Å². The molecule has 1 aromatic heterocycles. The van der Waals surface area contributed by atoms with E-state index in [1.54, 1.807) is 25.3 Å². The van der Waals surface area contributed by atoms with Gasteiger partial charge in [-0.2, -0.15) is 0 Å². The van der Waals surface area contributed by atoms with Gasteiger partial charge in [0.1, 0.15) is 5.75 Å². The molecule has 0 saturated carbocycles. The lowest BCUT2D eigenvalue weighted by Crippen LogP contribution is -2.13. The quantitative estimate of drug-likeness (QED) is 0.900. The zero-order chi connectivity index (χ0) is 15.6. The number of hydrogen-bond acceptors (Lipinski definition) is 3. The van der Waals surface area contributed by atoms with Gasteiger partial charge in [-0.1, -0.05) is 38.5 Å². The Balaban J connectivity index is 2.38. The van der Waals surface area contributed by atoms with Gasteiger partial charge in [-0.05, 0) is 37.0 Å². The highest BCUT2D eigenvalue weighted by Crippen LogP contribution is 2.34. The number of benzene rings is 1. The minimum Gasteiger partial charge on any atom is -0.439 e. The lowest BCUT2D eigenvalue weighted by Gasteiger charge is -2.23. The molecule has 2 rings (SSSR count). The number of rotatable bonds is 3. The fourth-order valence-electron chi connectivity index (χ4n) is 2.17. The maximum atomic E-state index is 9.65. The average Bonchev–Trinajstić information content (AvgIpc) is 2.40. The predicted octanol–water partition coefficient (Wildman–Crippen LogP) is 4.53. The van der Waals surface area contributed by atoms with Gasteiger partial charge in [0.2, 0.25) is 5.88 Å². The van der Waals surface area contributed by atoms with Crippen molar-refractivity contribution < 1.29 is 9.84 Å². The average molecular weight is 285 g/mol. The molecule has 112 valence electrons. The summed E-state index contributed by atoms with van der Waals surface area (Å²) in [5.74, 6) is 1.31. The molecule has 0 amide bonds. The van der Waals surface area contributed by atoms with Crippen LogP contribution in [0, 0.1) is 6.92 Å². The first-order valence-corrected chi connectivity index (χ1v) is 7.20. The van der Waals surface area contributed by atoms with Crippen molar-refractivity contribution in [3.05, 3.63) is 53.2 Å². The van der Waals surface area contributed by atoms with Gasteiger partial charge in [0, 0.05) is 17.8 Å². The second-order valence-electron chi connectivity index (χ2n) is 6.46. The molecule has 3 nitrogen and oxygen atoms in total. The summed E-state index contributed by atoms with van der Waals surface area (Å²) >= 11 is 0. The first-order chi connectivity index (χ1) is 9.77. The third kappa shape index (κ3) is 3.82. The van der Waals surface area contributed by atoms with Crippen LogP contribution in [0.1, 0.15) is 50.5 Å². The van der Waals surface area contributed by atoms with Gasteiger partial charge >= 0.3 is 0 Å². The van der Waals surface area contributed by atoms with Crippen molar-refractivity contribution in [3.8, 4) is 11.6 Å². The lowest BCUT2D eigenvalue weighted by atomic mass is 9.85. The fourth-order valence-corrected chi connectivity index (χ4v) is 2.17. The topological polar surface area (TPSA) is 42.4 Å². The highest BCUT2D eigenvalue weighted by atomic mass is 16.5. The number of aryl methyl sites for hydroxylation is 1. The van der Waals surface area contributed by atoms with E-state index in [1.165, 1.54) is 5.56 Å². The Morgan fingerprint density at radius 2 is 1.86 bits per heavy atom. The molecule has 3 heteroatoms. The minimum atomic E-state index is -0.532. The highest BCUT2D eigenvalue weighted by Gasteiger charge is 2.20. The molecule has 21 heavy (non-hydrogen) atoms. The molecule has 1 aromatic carbocycles. The van der Waals surface area contributed by atoms with E-state index in [0.717, 1.165) is 16.9 Å². The van der Waals surface area contributed by atoms with E-state index in [4.69, 9.17) is 4.74 Å². The van der Waals surface area contributed by atoms with Crippen LogP contribution < -0.4 is 4.74 Å². The van der Waals surface area contributed by atoms with Crippen molar-refractivity contribution >= 4 is 0 Å². The Morgan fingerprint density at radius 1 is 1.14 bits per heavy atom. The monoisotopic (exact) mass is 285 g/mol. The van der Waals surface area contributed by atoms with Gasteiger partial charge in [-0.25, -0.2) is 4.98 Å². The van der Waals surface area contributed by atoms with E-state index in [9.17, 15) is 5.11 Å². The summed E-state index contributed by atoms with van der Waals surface area (Å²) in [5, 5.41) is 9.65. The van der Waals surface area contributed by atoms with Crippen LogP contribution in [0.15, 0.2) is 36.5 Å². The zero-order valence-electron chi connectivity index (χ0n) is 13.3. The molecule has 1 N–H and O–H groups in total. The number of aliphatic hydroxyl groups excluding tert-OH is 1. The first kappa shape index (κ1) is 15.5. The van der Waals surface area contributed by atoms with Gasteiger partial charge in [-0.3, -0.25) is 0 Å². The van der Waals surface area contributed by atoms with E-state index in [-0.39, 0.29) is 5.41 Å². The summed E-state index contributed by atoms with van der Waals surface area (Å²) in [4.78, 5) is 4.23. The van der Waals surface area contributed by atoms with Gasteiger partial charge in [-0.15, -0.1) is 0 Å². The summed E-state index contributed by atoms with van der Waals surface area (Å²) in [7, 11) is 0. The van der Waals surface area contributed by atoms with Crippen LogP contribution in [0.5, 0.6) is 11.6 Å². The molecule has 0 spiro atoms. The Labute approximate surface area is 126 Å². The second-order valence-corrected chi connectivity index (χ2v) is 6.46. The van der Waals surface area contributed by atoms with Crippen LogP contribution in [0.4, 0.5) is 0 Å². The second kappa shape index (κ2) is 5.86. The molecule has 0 aliphatic heterocycles. The third-order valence-corrected chi connectivity index (χ3v) is 3.40. The van der Waals surface area contributed by atoms with Crippen molar-refractivity contribution in [2.24, 2.45) is 0 Å². The van der Waals surface area contributed by atoms with Crippen LogP contribution in [-0.4, -0.2) is 10.1 Å². The molecule has 0 bridgehead atoms. The Bertz CT molecular complexity index is 627. The molecule has 0 aliphatic rings. The number of nitrogens with zero attached hydrogens (tertiary/aromatic N) is 1. The van der Waals surface area contributed by atoms with Crippen LogP contribution in [0.3, 0.4) is 0 Å². The van der Waals surface area contributed by atoms with E-state index < -0.39 is 6.10 Å². The van der Waals surface area contributed by atoms with Crippen LogP contribution in [-0.2, 0) is 5.41 Å². The lowest BCUT2D eigenvalue weighted by molar-refractivity contribution is 0.198. The molecule has 0 fully saturated rings. The maximum Gasteiger partial charge on any atom is 0.219 e. The van der Waals surface area contributed by atoms with Crippen molar-refractivity contribution in [1.29, 1.82) is 0 Å². The Hall–Kier alpha value is -1.87. The van der Waals surface area contributed by atoms with Gasteiger partial charge in [0.15, 0.2) is 0 Å². The van der Waals surface area contributed by atoms with E-state index in [2.05, 4.69) is 38.7 Å². The van der Waals surface area contributed by atoms with E-state index >= 15 is 0 Å². The molecule has 0 saturated heterocycles. The van der Waals surface area contributed by atoms with Gasteiger partial charge in [0.25, 0.3) is 0 Å². The minimum absolute atomic E-state index is 0.0107. The summed E-state index contributed by atoms with van der Waals surface area (Å²) < 4.78 is 5.96. The Morgan fingerprint density at radius 3 is 2.48 bits per heavy atom. The summed E-state index contributed by atoms with van der Waals surface area (Å²) in [6.45, 7) is 10.3. The molecule has 0 radical (unpaired) electrons. The Kier molecular flexibility index (Phi) is 4.33. The third-order valence-electron chi connectivity index (χ3n) is 3.40. The zero-order valence-corrected chi connectivity index (χ0v) is 13.3. The molecule has 1 atom stereocenters. The standard InChI is InChI=1S/C18H23NO2/c1-12-6-7-16(15(10-12)18(3,4)5)21-17-11-14(13(2)20)8-9-19-17/h6-11,13,20H,1-5H3/t13-/m1/s1. The van der Waals surface area contributed by atoms with Crippen molar-refractivity contribution in [2.75, 3.05) is 0 Å². The largest absolute Gasteiger partial charge is 0.439 e. The molecule has 0 unspecified atom stereocenters. The van der Waals surface area contributed by atoms with E-state index in [0.29, 0.717) is 5.88 Å². The predicted molar refractivity (Wildman–Crippen MR) is 84.8 cm³/mol. The number of aliphatic hydroxyl groups is 1. The van der Waals surface area contributed by atoms with Gasteiger partial charge in [0.05, 0.1) is 6.10 Å². The van der Waals surface area contributed by atoms with Crippen LogP contribution in [0.2, 0.25) is 0 Å². The number of hydrogen-bond donors (Lipinski definition) is 1. The summed E-state index contributed by atoms with van der Waals surface area (Å²) in [6.07, 6.45) is 1.12. The van der Waals surface area contributed by atoms with Crippen LogP contribution in [0.25, 0.3) is 0 Å². The molecule has 2 aromatic rings. The smallest absolute Gasteiger partial charge is 0.219 e. The maximum absolute atomic E-state index is 9.65. The van der Waals surface area contributed by atoms with Crippen LogP contribution >= 0.6 is 0 Å². The number of pyridine rings is 1.